The second-order valence-corrected chi connectivity index (χ2v) is 5.14. The summed E-state index contributed by atoms with van der Waals surface area (Å²) in [6.07, 6.45) is 1.84. The van der Waals surface area contributed by atoms with Crippen molar-refractivity contribution >= 4 is 11.6 Å². The van der Waals surface area contributed by atoms with Crippen LogP contribution in [0.15, 0.2) is 18.2 Å². The molecular formula is C14H21ClO2. The van der Waals surface area contributed by atoms with Crippen LogP contribution in [-0.2, 0) is 0 Å². The Bertz CT molecular complexity index is 350. The predicted molar refractivity (Wildman–Crippen MR) is 71.9 cm³/mol. The van der Waals surface area contributed by atoms with Gasteiger partial charge in [0.25, 0.3) is 0 Å². The van der Waals surface area contributed by atoms with E-state index in [1.807, 2.05) is 18.2 Å². The molecule has 0 bridgehead atoms. The van der Waals surface area contributed by atoms with E-state index in [0.29, 0.717) is 22.6 Å². The highest BCUT2D eigenvalue weighted by Gasteiger charge is 2.14. The topological polar surface area (TPSA) is 29.5 Å². The monoisotopic (exact) mass is 256 g/mol. The number of hydrogen-bond acceptors (Lipinski definition) is 2. The summed E-state index contributed by atoms with van der Waals surface area (Å²) in [6, 6.07) is 5.87. The molecule has 96 valence electrons. The second kappa shape index (κ2) is 6.87. The van der Waals surface area contributed by atoms with E-state index in [2.05, 4.69) is 13.8 Å². The molecule has 0 spiro atoms. The van der Waals surface area contributed by atoms with Gasteiger partial charge < -0.3 is 9.84 Å². The Morgan fingerprint density at radius 2 is 2.06 bits per heavy atom. The zero-order chi connectivity index (χ0) is 12.8. The average Bonchev–Trinajstić information content (AvgIpc) is 2.28. The third-order valence-electron chi connectivity index (χ3n) is 2.88. The van der Waals surface area contributed by atoms with Gasteiger partial charge >= 0.3 is 0 Å². The van der Waals surface area contributed by atoms with E-state index < -0.39 is 0 Å². The summed E-state index contributed by atoms with van der Waals surface area (Å²) in [7, 11) is 1.61. The maximum absolute atomic E-state index is 9.12. The van der Waals surface area contributed by atoms with E-state index in [-0.39, 0.29) is 6.61 Å². The molecule has 1 N–H and O–H groups in total. The summed E-state index contributed by atoms with van der Waals surface area (Å²) < 4.78 is 5.14. The van der Waals surface area contributed by atoms with Gasteiger partial charge in [0.05, 0.1) is 12.1 Å². The number of benzene rings is 1. The summed E-state index contributed by atoms with van der Waals surface area (Å²) in [5.74, 6) is 1.67. The molecule has 1 aromatic carbocycles. The zero-order valence-electron chi connectivity index (χ0n) is 10.7. The standard InChI is InChI=1S/C14H21ClO2/c1-10(2)8-12(6-7-16)11-4-5-14(17-3)13(15)9-11/h4-5,9-10,12,16H,6-8H2,1-3H3. The lowest BCUT2D eigenvalue weighted by Crippen LogP contribution is -2.05. The highest BCUT2D eigenvalue weighted by Crippen LogP contribution is 2.32. The van der Waals surface area contributed by atoms with Crippen LogP contribution < -0.4 is 4.74 Å². The number of methoxy groups -OCH3 is 1. The van der Waals surface area contributed by atoms with Gasteiger partial charge in [0.15, 0.2) is 0 Å². The maximum atomic E-state index is 9.12. The van der Waals surface area contributed by atoms with Crippen molar-refractivity contribution in [2.75, 3.05) is 13.7 Å². The Morgan fingerprint density at radius 1 is 1.35 bits per heavy atom. The summed E-state index contributed by atoms with van der Waals surface area (Å²) in [5.41, 5.74) is 1.18. The molecule has 0 saturated heterocycles. The number of hydrogen-bond donors (Lipinski definition) is 1. The Balaban J connectivity index is 2.89. The van der Waals surface area contributed by atoms with Crippen molar-refractivity contribution in [3.8, 4) is 5.75 Å². The highest BCUT2D eigenvalue weighted by atomic mass is 35.5. The molecule has 2 nitrogen and oxygen atoms in total. The first-order valence-corrected chi connectivity index (χ1v) is 6.40. The van der Waals surface area contributed by atoms with Crippen LogP contribution in [0, 0.1) is 5.92 Å². The Labute approximate surface area is 109 Å². The van der Waals surface area contributed by atoms with Gasteiger partial charge in [-0.05, 0) is 42.4 Å². The van der Waals surface area contributed by atoms with Crippen LogP contribution >= 0.6 is 11.6 Å². The smallest absolute Gasteiger partial charge is 0.137 e. The van der Waals surface area contributed by atoms with Gasteiger partial charge in [-0.15, -0.1) is 0 Å². The van der Waals surface area contributed by atoms with Crippen molar-refractivity contribution in [1.29, 1.82) is 0 Å². The van der Waals surface area contributed by atoms with Crippen LogP contribution in [0.1, 0.15) is 38.2 Å². The Kier molecular flexibility index (Phi) is 5.79. The average molecular weight is 257 g/mol. The molecule has 0 radical (unpaired) electrons. The first-order chi connectivity index (χ1) is 8.08. The molecule has 3 heteroatoms. The molecule has 0 aliphatic rings. The van der Waals surface area contributed by atoms with Gasteiger partial charge in [0.2, 0.25) is 0 Å². The van der Waals surface area contributed by atoms with Crippen molar-refractivity contribution in [1.82, 2.24) is 0 Å². The second-order valence-electron chi connectivity index (χ2n) is 4.73. The largest absolute Gasteiger partial charge is 0.495 e. The molecule has 0 saturated carbocycles. The first kappa shape index (κ1) is 14.3. The predicted octanol–water partition coefficient (Wildman–Crippen LogP) is 3.86. The van der Waals surface area contributed by atoms with Crippen molar-refractivity contribution in [2.24, 2.45) is 5.92 Å². The minimum Gasteiger partial charge on any atom is -0.495 e. The SMILES string of the molecule is COc1ccc(C(CCO)CC(C)C)cc1Cl. The molecule has 1 unspecified atom stereocenters. The van der Waals surface area contributed by atoms with Crippen LogP contribution in [0.25, 0.3) is 0 Å². The minimum absolute atomic E-state index is 0.209. The van der Waals surface area contributed by atoms with E-state index in [9.17, 15) is 0 Å². The molecule has 1 rings (SSSR count). The van der Waals surface area contributed by atoms with Gasteiger partial charge in [0, 0.05) is 6.61 Å². The highest BCUT2D eigenvalue weighted by molar-refractivity contribution is 6.32. The lowest BCUT2D eigenvalue weighted by Gasteiger charge is -2.19. The molecule has 0 aromatic heterocycles. The van der Waals surface area contributed by atoms with Gasteiger partial charge in [-0.1, -0.05) is 31.5 Å². The number of aliphatic hydroxyl groups excluding tert-OH is 1. The molecule has 0 fully saturated rings. The summed E-state index contributed by atoms with van der Waals surface area (Å²) >= 11 is 6.12. The van der Waals surface area contributed by atoms with Crippen LogP contribution in [0.5, 0.6) is 5.75 Å². The third-order valence-corrected chi connectivity index (χ3v) is 3.18. The molecule has 0 heterocycles. The maximum Gasteiger partial charge on any atom is 0.137 e. The normalized spacial score (nSPS) is 12.8. The van der Waals surface area contributed by atoms with Crippen LogP contribution in [0.2, 0.25) is 5.02 Å². The number of ether oxygens (including phenoxy) is 1. The van der Waals surface area contributed by atoms with E-state index in [4.69, 9.17) is 21.4 Å². The number of halogens is 1. The lowest BCUT2D eigenvalue weighted by molar-refractivity contribution is 0.267. The minimum atomic E-state index is 0.209. The van der Waals surface area contributed by atoms with Crippen molar-refractivity contribution < 1.29 is 9.84 Å². The first-order valence-electron chi connectivity index (χ1n) is 6.02. The fourth-order valence-electron chi connectivity index (χ4n) is 2.08. The summed E-state index contributed by atoms with van der Waals surface area (Å²) in [4.78, 5) is 0. The van der Waals surface area contributed by atoms with E-state index in [1.54, 1.807) is 7.11 Å². The van der Waals surface area contributed by atoms with E-state index in [0.717, 1.165) is 12.8 Å². The van der Waals surface area contributed by atoms with Gasteiger partial charge in [0.1, 0.15) is 5.75 Å². The Hall–Kier alpha value is -0.730. The van der Waals surface area contributed by atoms with Crippen molar-refractivity contribution in [3.63, 3.8) is 0 Å². The number of aliphatic hydroxyl groups is 1. The van der Waals surface area contributed by atoms with Gasteiger partial charge in [-0.3, -0.25) is 0 Å². The lowest BCUT2D eigenvalue weighted by atomic mass is 9.88. The zero-order valence-corrected chi connectivity index (χ0v) is 11.5. The van der Waals surface area contributed by atoms with Crippen LogP contribution in [0.4, 0.5) is 0 Å². The number of rotatable bonds is 6. The van der Waals surface area contributed by atoms with Crippen LogP contribution in [-0.4, -0.2) is 18.8 Å². The van der Waals surface area contributed by atoms with E-state index >= 15 is 0 Å². The third kappa shape index (κ3) is 4.21. The molecular weight excluding hydrogens is 236 g/mol. The summed E-state index contributed by atoms with van der Waals surface area (Å²) in [6.45, 7) is 4.59. The fraction of sp³-hybridized carbons (Fsp3) is 0.571. The van der Waals surface area contributed by atoms with Crippen molar-refractivity contribution in [2.45, 2.75) is 32.6 Å². The van der Waals surface area contributed by atoms with Gasteiger partial charge in [-0.2, -0.15) is 0 Å². The van der Waals surface area contributed by atoms with E-state index in [1.165, 1.54) is 5.56 Å². The molecule has 0 aliphatic carbocycles. The van der Waals surface area contributed by atoms with Crippen LogP contribution in [0.3, 0.4) is 0 Å². The molecule has 0 amide bonds. The van der Waals surface area contributed by atoms with Gasteiger partial charge in [-0.25, -0.2) is 0 Å². The van der Waals surface area contributed by atoms with Crippen molar-refractivity contribution in [3.05, 3.63) is 28.8 Å². The Morgan fingerprint density at radius 3 is 2.53 bits per heavy atom. The fourth-order valence-corrected chi connectivity index (χ4v) is 2.35. The quantitative estimate of drug-likeness (QED) is 0.838. The molecule has 1 atom stereocenters. The molecule has 0 aliphatic heterocycles. The molecule has 17 heavy (non-hydrogen) atoms. The summed E-state index contributed by atoms with van der Waals surface area (Å²) in [5, 5.41) is 9.76. The molecule has 1 aromatic rings.